The molecule has 0 rings (SSSR count). The second-order valence-electron chi connectivity index (χ2n) is 0. The smallest absolute Gasteiger partial charge is 0.358 e. The third kappa shape index (κ3) is 52.0. The van der Waals surface area contributed by atoms with Crippen LogP contribution in [0.15, 0.2) is 0 Å². The maximum absolute atomic E-state index is 3.25. The Kier molecular flexibility index (Phi) is 747. The van der Waals surface area contributed by atoms with Crippen molar-refractivity contribution in [2.24, 2.45) is 0 Å². The molecule has 0 nitrogen and oxygen atoms in total. The Morgan fingerprint density at radius 2 is 1.00 bits per heavy atom. The van der Waals surface area contributed by atoms with Crippen molar-refractivity contribution >= 4 is 0 Å². The number of hydrogen-bond donors (Lipinski definition) is 0. The first kappa shape index (κ1) is 39.6. The van der Waals surface area contributed by atoms with E-state index in [1.807, 2.05) is 0 Å². The molecule has 0 aromatic carbocycles. The van der Waals surface area contributed by atoms with Crippen molar-refractivity contribution in [3.05, 3.63) is 21.8 Å². The summed E-state index contributed by atoms with van der Waals surface area (Å²) in [6, 6.07) is 0. The van der Waals surface area contributed by atoms with Gasteiger partial charge in [0.05, 0.1) is 0 Å². The van der Waals surface area contributed by atoms with Crippen LogP contribution in [0.4, 0.5) is 0 Å². The summed E-state index contributed by atoms with van der Waals surface area (Å²) in [5, 5.41) is 0. The van der Waals surface area contributed by atoms with Crippen LogP contribution in [0, 0.1) is 21.8 Å². The zero-order valence-corrected chi connectivity index (χ0v) is 6.67. The summed E-state index contributed by atoms with van der Waals surface area (Å²) in [5.74, 6) is 0. The fraction of sp³-hybridized carbons (Fsp3) is 0.250. The molecule has 5 heavy (non-hydrogen) atoms. The van der Waals surface area contributed by atoms with E-state index in [2.05, 4.69) is 6.92 Å². The molecule has 31 valence electrons. The quantitative estimate of drug-likeness (QED) is 0.461. The van der Waals surface area contributed by atoms with Crippen LogP contribution in [-0.4, -0.2) is 0 Å². The molecule has 0 spiro atoms. The Hall–Kier alpha value is 0.883. The van der Waals surface area contributed by atoms with Gasteiger partial charge >= 0.3 is 26.2 Å². The minimum absolute atomic E-state index is 0. The first-order valence-corrected chi connectivity index (χ1v) is 0.707. The van der Waals surface area contributed by atoms with E-state index in [0.29, 0.717) is 0 Å². The topological polar surface area (TPSA) is 0 Å². The van der Waals surface area contributed by atoms with E-state index in [1.54, 1.807) is 6.92 Å². The Morgan fingerprint density at radius 1 is 1.00 bits per heavy atom. The van der Waals surface area contributed by atoms with Gasteiger partial charge in [0.1, 0.15) is 0 Å². The molecule has 1 radical (unpaired) electrons. The molecule has 0 heterocycles. The SMILES string of the molecule is [CH2-]C.[CH3-].[CH3-].[Zr+3]. The zero-order chi connectivity index (χ0) is 2.00. The predicted molar refractivity (Wildman–Crippen MR) is 23.9 cm³/mol. The first-order valence-electron chi connectivity index (χ1n) is 0.707. The molecule has 0 unspecified atom stereocenters. The summed E-state index contributed by atoms with van der Waals surface area (Å²) in [6.45, 7) is 5.00. The van der Waals surface area contributed by atoms with Gasteiger partial charge in [0.15, 0.2) is 0 Å². The van der Waals surface area contributed by atoms with Gasteiger partial charge in [0, 0.05) is 0 Å². The molecule has 0 bridgehead atoms. The molecule has 0 fully saturated rings. The standard InChI is InChI=1S/C2H5.2CH3.Zr/c1-2;;;/h1H2,2H3;2*1H3;/q3*-1;+3. The number of rotatable bonds is 0. The summed E-state index contributed by atoms with van der Waals surface area (Å²) in [6.07, 6.45) is 0. The van der Waals surface area contributed by atoms with E-state index in [9.17, 15) is 0 Å². The van der Waals surface area contributed by atoms with Crippen molar-refractivity contribution in [2.45, 2.75) is 6.92 Å². The summed E-state index contributed by atoms with van der Waals surface area (Å²) >= 11 is 0. The number of hydrogen-bond acceptors (Lipinski definition) is 0. The van der Waals surface area contributed by atoms with Gasteiger partial charge < -0.3 is 21.8 Å². The van der Waals surface area contributed by atoms with E-state index in [4.69, 9.17) is 0 Å². The maximum Gasteiger partial charge on any atom is 3.00 e. The third-order valence-corrected chi connectivity index (χ3v) is 0. The summed E-state index contributed by atoms with van der Waals surface area (Å²) in [7, 11) is 0. The molecule has 0 aromatic heterocycles. The van der Waals surface area contributed by atoms with Gasteiger partial charge in [-0.2, -0.15) is 6.92 Å². The fourth-order valence-electron chi connectivity index (χ4n) is 0. The Bertz CT molecular complexity index is 3.61. The van der Waals surface area contributed by atoms with Crippen LogP contribution in [-0.2, 0) is 26.2 Å². The average Bonchev–Trinajstić information content (AvgIpc) is 1.00. The molecule has 1 heteroatoms. The zero-order valence-electron chi connectivity index (χ0n) is 4.21. The largest absolute Gasteiger partial charge is 3.00 e. The summed E-state index contributed by atoms with van der Waals surface area (Å²) < 4.78 is 0. The van der Waals surface area contributed by atoms with Crippen LogP contribution >= 0.6 is 0 Å². The second kappa shape index (κ2) is 94.4. The molecule has 0 aliphatic rings. The molecule has 0 atom stereocenters. The van der Waals surface area contributed by atoms with Gasteiger partial charge in [-0.3, -0.25) is 0 Å². The monoisotopic (exact) mass is 149 g/mol. The molecule has 0 aliphatic carbocycles. The van der Waals surface area contributed by atoms with Gasteiger partial charge in [0.25, 0.3) is 0 Å². The molecular formula is C4H11Zr. The molecule has 0 aromatic rings. The van der Waals surface area contributed by atoms with Crippen LogP contribution in [0.1, 0.15) is 6.92 Å². The Balaban J connectivity index is -0.00000000167. The third-order valence-electron chi connectivity index (χ3n) is 0. The van der Waals surface area contributed by atoms with Crippen molar-refractivity contribution in [2.75, 3.05) is 0 Å². The Labute approximate surface area is 55.1 Å². The maximum atomic E-state index is 3.25. The van der Waals surface area contributed by atoms with Crippen LogP contribution in [0.5, 0.6) is 0 Å². The van der Waals surface area contributed by atoms with Crippen molar-refractivity contribution < 1.29 is 26.2 Å². The molecule has 0 N–H and O–H groups in total. The Morgan fingerprint density at radius 3 is 1.00 bits per heavy atom. The van der Waals surface area contributed by atoms with Gasteiger partial charge in [0.2, 0.25) is 0 Å². The van der Waals surface area contributed by atoms with Crippen LogP contribution in [0.3, 0.4) is 0 Å². The van der Waals surface area contributed by atoms with Crippen molar-refractivity contribution in [1.29, 1.82) is 0 Å². The molecular weight excluding hydrogens is 139 g/mol. The first-order chi connectivity index (χ1) is 1.00. The van der Waals surface area contributed by atoms with Crippen molar-refractivity contribution in [1.82, 2.24) is 0 Å². The van der Waals surface area contributed by atoms with Crippen LogP contribution < -0.4 is 0 Å². The van der Waals surface area contributed by atoms with E-state index in [1.165, 1.54) is 0 Å². The van der Waals surface area contributed by atoms with E-state index in [0.717, 1.165) is 0 Å². The minimum Gasteiger partial charge on any atom is -0.358 e. The normalized spacial score (nSPS) is 1.20. The molecule has 0 saturated heterocycles. The summed E-state index contributed by atoms with van der Waals surface area (Å²) in [4.78, 5) is 0. The summed E-state index contributed by atoms with van der Waals surface area (Å²) in [5.41, 5.74) is 0. The minimum atomic E-state index is 0. The van der Waals surface area contributed by atoms with Crippen LogP contribution in [0.2, 0.25) is 0 Å². The molecule has 0 saturated carbocycles. The predicted octanol–water partition coefficient (Wildman–Crippen LogP) is 1.74. The van der Waals surface area contributed by atoms with Crippen molar-refractivity contribution in [3.63, 3.8) is 0 Å². The van der Waals surface area contributed by atoms with Gasteiger partial charge in [-0.05, 0) is 0 Å². The average molecular weight is 150 g/mol. The van der Waals surface area contributed by atoms with Gasteiger partial charge in [-0.25, -0.2) is 0 Å². The van der Waals surface area contributed by atoms with Gasteiger partial charge in [-0.1, -0.05) is 0 Å². The van der Waals surface area contributed by atoms with E-state index in [-0.39, 0.29) is 41.1 Å². The van der Waals surface area contributed by atoms with Crippen LogP contribution in [0.25, 0.3) is 0 Å². The van der Waals surface area contributed by atoms with E-state index >= 15 is 0 Å². The van der Waals surface area contributed by atoms with Gasteiger partial charge in [-0.15, -0.1) is 0 Å². The second-order valence-corrected chi connectivity index (χ2v) is 0. The molecule has 0 aliphatic heterocycles. The fourth-order valence-corrected chi connectivity index (χ4v) is 0. The van der Waals surface area contributed by atoms with E-state index < -0.39 is 0 Å². The molecule has 0 amide bonds. The van der Waals surface area contributed by atoms with Crippen molar-refractivity contribution in [3.8, 4) is 0 Å².